The van der Waals surface area contributed by atoms with Gasteiger partial charge in [0.05, 0.1) is 11.0 Å². The van der Waals surface area contributed by atoms with Crippen LogP contribution in [0.15, 0.2) is 18.2 Å². The summed E-state index contributed by atoms with van der Waals surface area (Å²) in [6.45, 7) is 4.63. The molecule has 0 spiro atoms. The molecule has 0 radical (unpaired) electrons. The van der Waals surface area contributed by atoms with Gasteiger partial charge in [-0.2, -0.15) is 0 Å². The van der Waals surface area contributed by atoms with Gasteiger partial charge in [0.15, 0.2) is 0 Å². The van der Waals surface area contributed by atoms with Crippen LogP contribution in [0.3, 0.4) is 0 Å². The first-order chi connectivity index (χ1) is 8.63. The molecule has 0 aliphatic carbocycles. The summed E-state index contributed by atoms with van der Waals surface area (Å²) in [5, 5.41) is 14.7. The molecule has 1 N–H and O–H groups in total. The first-order valence-corrected chi connectivity index (χ1v) is 6.42. The third-order valence-corrected chi connectivity index (χ3v) is 3.34. The SMILES string of the molecule is CCCN(c1ccc(Cl)cc1[N+](=O)[O-])C1CNC1. The van der Waals surface area contributed by atoms with E-state index in [0.29, 0.717) is 16.8 Å². The maximum Gasteiger partial charge on any atom is 0.294 e. The number of nitro groups is 1. The van der Waals surface area contributed by atoms with Gasteiger partial charge in [0.1, 0.15) is 5.69 Å². The fourth-order valence-corrected chi connectivity index (χ4v) is 2.29. The summed E-state index contributed by atoms with van der Waals surface area (Å²) in [5.41, 5.74) is 0.751. The van der Waals surface area contributed by atoms with E-state index in [1.807, 2.05) is 0 Å². The lowest BCUT2D eigenvalue weighted by Gasteiger charge is -2.39. The lowest BCUT2D eigenvalue weighted by Crippen LogP contribution is -2.57. The van der Waals surface area contributed by atoms with E-state index in [2.05, 4.69) is 17.1 Å². The van der Waals surface area contributed by atoms with Crippen molar-refractivity contribution in [2.24, 2.45) is 0 Å². The minimum atomic E-state index is -0.365. The highest BCUT2D eigenvalue weighted by molar-refractivity contribution is 6.30. The van der Waals surface area contributed by atoms with Crippen molar-refractivity contribution in [1.82, 2.24) is 5.32 Å². The van der Waals surface area contributed by atoms with Crippen LogP contribution in [0.4, 0.5) is 11.4 Å². The summed E-state index contributed by atoms with van der Waals surface area (Å²) in [4.78, 5) is 12.9. The average molecular weight is 270 g/mol. The molecule has 1 saturated heterocycles. The van der Waals surface area contributed by atoms with Crippen LogP contribution >= 0.6 is 11.6 Å². The molecule has 6 heteroatoms. The predicted molar refractivity (Wildman–Crippen MR) is 72.4 cm³/mol. The van der Waals surface area contributed by atoms with Gasteiger partial charge >= 0.3 is 0 Å². The van der Waals surface area contributed by atoms with E-state index in [9.17, 15) is 10.1 Å². The molecule has 98 valence electrons. The van der Waals surface area contributed by atoms with Crippen molar-refractivity contribution in [3.05, 3.63) is 33.3 Å². The van der Waals surface area contributed by atoms with E-state index in [-0.39, 0.29) is 10.6 Å². The van der Waals surface area contributed by atoms with Crippen molar-refractivity contribution < 1.29 is 4.92 Å². The highest BCUT2D eigenvalue weighted by atomic mass is 35.5. The molecule has 0 bridgehead atoms. The van der Waals surface area contributed by atoms with Crippen molar-refractivity contribution in [2.45, 2.75) is 19.4 Å². The topological polar surface area (TPSA) is 58.4 Å². The van der Waals surface area contributed by atoms with Crippen LogP contribution in [0, 0.1) is 10.1 Å². The molecule has 0 amide bonds. The molecule has 1 aliphatic heterocycles. The Morgan fingerprint density at radius 2 is 2.28 bits per heavy atom. The van der Waals surface area contributed by atoms with Gasteiger partial charge in [0, 0.05) is 30.7 Å². The van der Waals surface area contributed by atoms with Gasteiger partial charge in [-0.3, -0.25) is 10.1 Å². The predicted octanol–water partition coefficient (Wildman–Crippen LogP) is 2.44. The standard InChI is InChI=1S/C12H16ClN3O2/c1-2-5-15(10-7-14-8-10)11-4-3-9(13)6-12(11)16(17)18/h3-4,6,10,14H,2,5,7-8H2,1H3. The van der Waals surface area contributed by atoms with E-state index in [1.54, 1.807) is 12.1 Å². The van der Waals surface area contributed by atoms with Crippen LogP contribution in [0.5, 0.6) is 0 Å². The fourth-order valence-electron chi connectivity index (χ4n) is 2.12. The zero-order valence-corrected chi connectivity index (χ0v) is 11.0. The van der Waals surface area contributed by atoms with Gasteiger partial charge in [-0.15, -0.1) is 0 Å². The van der Waals surface area contributed by atoms with Crippen molar-refractivity contribution in [1.29, 1.82) is 0 Å². The fraction of sp³-hybridized carbons (Fsp3) is 0.500. The Hall–Kier alpha value is -1.33. The molecule has 0 atom stereocenters. The summed E-state index contributed by atoms with van der Waals surface area (Å²) in [5.74, 6) is 0. The summed E-state index contributed by atoms with van der Waals surface area (Å²) in [6, 6.07) is 5.21. The Morgan fingerprint density at radius 1 is 1.56 bits per heavy atom. The second kappa shape index (κ2) is 5.54. The van der Waals surface area contributed by atoms with Gasteiger partial charge in [0.2, 0.25) is 0 Å². The number of nitro benzene ring substituents is 1. The number of halogens is 1. The van der Waals surface area contributed by atoms with Crippen LogP contribution in [0.2, 0.25) is 5.02 Å². The number of nitrogens with zero attached hydrogens (tertiary/aromatic N) is 2. The molecule has 1 aliphatic rings. The number of hydrogen-bond donors (Lipinski definition) is 1. The summed E-state index contributed by atoms with van der Waals surface area (Å²) < 4.78 is 0. The quantitative estimate of drug-likeness (QED) is 0.659. The third-order valence-electron chi connectivity index (χ3n) is 3.11. The molecule has 1 aromatic carbocycles. The Balaban J connectivity index is 2.36. The van der Waals surface area contributed by atoms with E-state index in [0.717, 1.165) is 26.1 Å². The molecule has 0 unspecified atom stereocenters. The summed E-state index contributed by atoms with van der Waals surface area (Å²) in [6.07, 6.45) is 0.955. The Bertz CT molecular complexity index is 449. The lowest BCUT2D eigenvalue weighted by atomic mass is 10.1. The van der Waals surface area contributed by atoms with Gasteiger partial charge in [0.25, 0.3) is 5.69 Å². The first-order valence-electron chi connectivity index (χ1n) is 6.04. The second-order valence-electron chi connectivity index (χ2n) is 4.40. The average Bonchev–Trinajstić information content (AvgIpc) is 2.26. The monoisotopic (exact) mass is 269 g/mol. The minimum absolute atomic E-state index is 0.0860. The van der Waals surface area contributed by atoms with Gasteiger partial charge in [-0.1, -0.05) is 18.5 Å². The third kappa shape index (κ3) is 2.57. The largest absolute Gasteiger partial charge is 0.360 e. The molecule has 18 heavy (non-hydrogen) atoms. The molecule has 1 aromatic rings. The van der Waals surface area contributed by atoms with Crippen LogP contribution in [0.25, 0.3) is 0 Å². The summed E-state index contributed by atoms with van der Waals surface area (Å²) in [7, 11) is 0. The highest BCUT2D eigenvalue weighted by Crippen LogP contribution is 2.32. The maximum absolute atomic E-state index is 11.1. The summed E-state index contributed by atoms with van der Waals surface area (Å²) >= 11 is 5.83. The smallest absolute Gasteiger partial charge is 0.294 e. The molecule has 5 nitrogen and oxygen atoms in total. The Kier molecular flexibility index (Phi) is 4.04. The Morgan fingerprint density at radius 3 is 2.78 bits per heavy atom. The first kappa shape index (κ1) is 13.1. The van der Waals surface area contributed by atoms with Crippen molar-refractivity contribution in [2.75, 3.05) is 24.5 Å². The molecule has 0 aromatic heterocycles. The lowest BCUT2D eigenvalue weighted by molar-refractivity contribution is -0.384. The molecule has 1 heterocycles. The van der Waals surface area contributed by atoms with Gasteiger partial charge in [-0.25, -0.2) is 0 Å². The van der Waals surface area contributed by atoms with Gasteiger partial charge < -0.3 is 10.2 Å². The second-order valence-corrected chi connectivity index (χ2v) is 4.83. The molecular weight excluding hydrogens is 254 g/mol. The van der Waals surface area contributed by atoms with E-state index in [4.69, 9.17) is 11.6 Å². The molecule has 2 rings (SSSR count). The number of rotatable bonds is 5. The van der Waals surface area contributed by atoms with E-state index in [1.165, 1.54) is 6.07 Å². The number of hydrogen-bond acceptors (Lipinski definition) is 4. The number of anilines is 1. The zero-order valence-electron chi connectivity index (χ0n) is 10.2. The molecular formula is C12H16ClN3O2. The van der Waals surface area contributed by atoms with Crippen molar-refractivity contribution in [3.63, 3.8) is 0 Å². The van der Waals surface area contributed by atoms with Crippen LogP contribution < -0.4 is 10.2 Å². The minimum Gasteiger partial charge on any atom is -0.360 e. The molecule has 1 fully saturated rings. The van der Waals surface area contributed by atoms with E-state index >= 15 is 0 Å². The maximum atomic E-state index is 11.1. The molecule has 0 saturated carbocycles. The van der Waals surface area contributed by atoms with Crippen LogP contribution in [-0.4, -0.2) is 30.6 Å². The zero-order chi connectivity index (χ0) is 13.1. The van der Waals surface area contributed by atoms with E-state index < -0.39 is 0 Å². The van der Waals surface area contributed by atoms with Crippen LogP contribution in [0.1, 0.15) is 13.3 Å². The Labute approximate surface area is 111 Å². The number of benzene rings is 1. The van der Waals surface area contributed by atoms with Crippen LogP contribution in [-0.2, 0) is 0 Å². The van der Waals surface area contributed by atoms with Gasteiger partial charge in [-0.05, 0) is 18.6 Å². The van der Waals surface area contributed by atoms with Crippen molar-refractivity contribution >= 4 is 23.0 Å². The number of nitrogens with one attached hydrogen (secondary N) is 1. The normalized spacial score (nSPS) is 15.2. The van der Waals surface area contributed by atoms with Crippen molar-refractivity contribution in [3.8, 4) is 0 Å². The highest BCUT2D eigenvalue weighted by Gasteiger charge is 2.29.